The highest BCUT2D eigenvalue weighted by molar-refractivity contribution is 7.10. The Balaban J connectivity index is 1.60. The number of aromatic nitrogens is 2. The molecule has 1 aliphatic rings. The molecule has 3 heterocycles. The Hall–Kier alpha value is -1.89. The average molecular weight is 372 g/mol. The molecule has 0 aliphatic carbocycles. The molecule has 0 saturated carbocycles. The van der Waals surface area contributed by atoms with Crippen molar-refractivity contribution < 1.29 is 9.67 Å². The Morgan fingerprint density at radius 1 is 1.08 bits per heavy atom. The lowest BCUT2D eigenvalue weighted by atomic mass is 10.1. The predicted molar refractivity (Wildman–Crippen MR) is 106 cm³/mol. The van der Waals surface area contributed by atoms with Crippen molar-refractivity contribution >= 4 is 28.3 Å². The van der Waals surface area contributed by atoms with Crippen LogP contribution in [0.25, 0.3) is 11.0 Å². The minimum absolute atomic E-state index is 0.476. The molecule has 0 spiro atoms. The Morgan fingerprint density at radius 3 is 2.65 bits per heavy atom. The van der Waals surface area contributed by atoms with Gasteiger partial charge in [0.2, 0.25) is 0 Å². The van der Waals surface area contributed by atoms with Crippen LogP contribution in [0.2, 0.25) is 0 Å². The number of nitrogen functional groups attached to an aromatic ring is 1. The minimum Gasteiger partial charge on any atom is -0.384 e. The predicted octanol–water partition coefficient (Wildman–Crippen LogP) is 2.79. The van der Waals surface area contributed by atoms with Crippen LogP contribution in [0.15, 0.2) is 41.8 Å². The molecule has 6 heteroatoms. The molecule has 5 nitrogen and oxygen atoms in total. The van der Waals surface area contributed by atoms with Crippen molar-refractivity contribution in [3.05, 3.63) is 46.7 Å². The highest BCUT2D eigenvalue weighted by Crippen LogP contribution is 2.22. The number of imidazole rings is 1. The van der Waals surface area contributed by atoms with Gasteiger partial charge in [-0.15, -0.1) is 11.3 Å². The summed E-state index contributed by atoms with van der Waals surface area (Å²) in [6.45, 7) is 4.76. The maximum absolute atomic E-state index is 10.6. The quantitative estimate of drug-likeness (QED) is 0.655. The summed E-state index contributed by atoms with van der Waals surface area (Å²) in [5.41, 5.74) is 8.75. The highest BCUT2D eigenvalue weighted by atomic mass is 32.1. The molecule has 1 aliphatic heterocycles. The number of benzene rings is 1. The summed E-state index contributed by atoms with van der Waals surface area (Å²) in [5.74, 6) is 0.721. The molecule has 0 bridgehead atoms. The first-order valence-corrected chi connectivity index (χ1v) is 10.3. The van der Waals surface area contributed by atoms with Gasteiger partial charge in [-0.2, -0.15) is 0 Å². The number of likely N-dealkylation sites (tertiary alicyclic amines) is 1. The summed E-state index contributed by atoms with van der Waals surface area (Å²) in [4.78, 5) is 3.50. The monoisotopic (exact) mass is 371 g/mol. The van der Waals surface area contributed by atoms with Crippen LogP contribution in [0, 0.1) is 0 Å². The second kappa shape index (κ2) is 7.78. The van der Waals surface area contributed by atoms with Crippen LogP contribution >= 0.6 is 11.3 Å². The molecule has 3 N–H and O–H groups in total. The van der Waals surface area contributed by atoms with Gasteiger partial charge in [0, 0.05) is 11.4 Å². The van der Waals surface area contributed by atoms with E-state index in [1.807, 2.05) is 23.6 Å². The maximum atomic E-state index is 10.6. The normalized spacial score (nSPS) is 17.0. The first-order chi connectivity index (χ1) is 12.7. The fourth-order valence-corrected chi connectivity index (χ4v) is 4.61. The summed E-state index contributed by atoms with van der Waals surface area (Å²) in [7, 11) is 0. The van der Waals surface area contributed by atoms with E-state index in [1.54, 1.807) is 11.3 Å². The van der Waals surface area contributed by atoms with E-state index in [0.717, 1.165) is 34.9 Å². The minimum atomic E-state index is -0.538. The number of hydrogen-bond donors (Lipinski definition) is 2. The number of nitrogens with two attached hydrogens (primary N) is 1. The Labute approximate surface area is 158 Å². The van der Waals surface area contributed by atoms with Gasteiger partial charge < -0.3 is 10.0 Å². The third kappa shape index (κ3) is 3.49. The zero-order valence-electron chi connectivity index (χ0n) is 15.1. The number of hydrogen-bond acceptors (Lipinski definition) is 4. The fourth-order valence-electron chi connectivity index (χ4n) is 3.91. The molecule has 2 aromatic heterocycles. The summed E-state index contributed by atoms with van der Waals surface area (Å²) in [5, 5.41) is 12.6. The van der Waals surface area contributed by atoms with E-state index in [9.17, 15) is 5.11 Å². The summed E-state index contributed by atoms with van der Waals surface area (Å²) in [6, 6.07) is 12.2. The molecule has 0 radical (unpaired) electrons. The zero-order valence-corrected chi connectivity index (χ0v) is 15.9. The van der Waals surface area contributed by atoms with E-state index < -0.39 is 6.10 Å². The molecular formula is C20H27N4OS+. The van der Waals surface area contributed by atoms with Crippen molar-refractivity contribution in [3.8, 4) is 0 Å². The van der Waals surface area contributed by atoms with E-state index in [4.69, 9.17) is 5.73 Å². The van der Waals surface area contributed by atoms with Gasteiger partial charge in [-0.05, 0) is 49.5 Å². The summed E-state index contributed by atoms with van der Waals surface area (Å²) >= 11 is 1.58. The van der Waals surface area contributed by atoms with Gasteiger partial charge in [0.1, 0.15) is 23.7 Å². The number of aliphatic hydroxyl groups is 1. The highest BCUT2D eigenvalue weighted by Gasteiger charge is 2.24. The van der Waals surface area contributed by atoms with Gasteiger partial charge in [-0.3, -0.25) is 5.73 Å². The second-order valence-electron chi connectivity index (χ2n) is 7.04. The molecule has 26 heavy (non-hydrogen) atoms. The molecule has 1 atom stereocenters. The van der Waals surface area contributed by atoms with Crippen molar-refractivity contribution in [1.82, 2.24) is 9.47 Å². The molecule has 1 saturated heterocycles. The van der Waals surface area contributed by atoms with Crippen LogP contribution < -0.4 is 10.3 Å². The molecule has 0 amide bonds. The number of para-hydroxylation sites is 2. The molecular weight excluding hydrogens is 344 g/mol. The van der Waals surface area contributed by atoms with Crippen molar-refractivity contribution in [3.63, 3.8) is 0 Å². The van der Waals surface area contributed by atoms with E-state index in [1.165, 1.54) is 32.4 Å². The van der Waals surface area contributed by atoms with Crippen molar-refractivity contribution in [1.29, 1.82) is 0 Å². The van der Waals surface area contributed by atoms with E-state index >= 15 is 0 Å². The number of aliphatic hydroxyl groups excluding tert-OH is 1. The van der Waals surface area contributed by atoms with E-state index in [2.05, 4.69) is 32.2 Å². The first kappa shape index (κ1) is 17.5. The van der Waals surface area contributed by atoms with Gasteiger partial charge in [0.25, 0.3) is 0 Å². The van der Waals surface area contributed by atoms with Crippen molar-refractivity contribution in [2.24, 2.45) is 0 Å². The lowest BCUT2D eigenvalue weighted by Gasteiger charge is -2.25. The van der Waals surface area contributed by atoms with E-state index in [-0.39, 0.29) is 0 Å². The third-order valence-corrected chi connectivity index (χ3v) is 6.31. The largest absolute Gasteiger partial charge is 0.384 e. The van der Waals surface area contributed by atoms with Gasteiger partial charge in [-0.1, -0.05) is 24.6 Å². The smallest absolute Gasteiger partial charge is 0.356 e. The lowest BCUT2D eigenvalue weighted by molar-refractivity contribution is -0.666. The number of fused-ring (bicyclic) bond motifs is 1. The number of rotatable bonds is 6. The Bertz CT molecular complexity index is 852. The van der Waals surface area contributed by atoms with Crippen LogP contribution in [0.3, 0.4) is 0 Å². The SMILES string of the molecule is Nc1n(CCN2CCCCC2)c2ccccc2[n+]1CC(O)c1cccs1. The van der Waals surface area contributed by atoms with Crippen LogP contribution in [0.5, 0.6) is 0 Å². The summed E-state index contributed by atoms with van der Waals surface area (Å²) in [6.07, 6.45) is 3.42. The van der Waals surface area contributed by atoms with Crippen LogP contribution in [0.1, 0.15) is 30.2 Å². The fraction of sp³-hybridized carbons (Fsp3) is 0.450. The number of nitrogens with zero attached hydrogens (tertiary/aromatic N) is 3. The Morgan fingerprint density at radius 2 is 1.88 bits per heavy atom. The molecule has 3 aromatic rings. The third-order valence-electron chi connectivity index (χ3n) is 5.33. The van der Waals surface area contributed by atoms with E-state index in [0.29, 0.717) is 6.54 Å². The van der Waals surface area contributed by atoms with Gasteiger partial charge in [-0.25, -0.2) is 9.13 Å². The summed E-state index contributed by atoms with van der Waals surface area (Å²) < 4.78 is 4.25. The van der Waals surface area contributed by atoms with Crippen LogP contribution in [0.4, 0.5) is 5.95 Å². The van der Waals surface area contributed by atoms with Crippen LogP contribution in [-0.2, 0) is 13.1 Å². The first-order valence-electron chi connectivity index (χ1n) is 9.44. The zero-order chi connectivity index (χ0) is 17.9. The van der Waals surface area contributed by atoms with Gasteiger partial charge in [0.05, 0.1) is 6.54 Å². The maximum Gasteiger partial charge on any atom is 0.356 e. The molecule has 1 fully saturated rings. The standard InChI is InChI=1S/C20H26N4OS/c21-20-23(13-12-22-10-4-1-5-11-22)16-7-2-3-8-17(16)24(20)15-18(25)19-9-6-14-26-19/h2-3,6-9,14,18,21,25H,1,4-5,10-13,15H2/p+1. The number of piperidine rings is 1. The average Bonchev–Trinajstić information content (AvgIpc) is 3.29. The van der Waals surface area contributed by atoms with Crippen LogP contribution in [-0.4, -0.2) is 34.2 Å². The van der Waals surface area contributed by atoms with Crippen molar-refractivity contribution in [2.45, 2.75) is 38.5 Å². The number of anilines is 1. The van der Waals surface area contributed by atoms with Crippen molar-refractivity contribution in [2.75, 3.05) is 25.4 Å². The number of thiophene rings is 1. The van der Waals surface area contributed by atoms with Gasteiger partial charge >= 0.3 is 5.95 Å². The molecule has 4 rings (SSSR count). The molecule has 138 valence electrons. The molecule has 1 unspecified atom stereocenters. The molecule has 1 aromatic carbocycles. The second-order valence-corrected chi connectivity index (χ2v) is 8.02. The van der Waals surface area contributed by atoms with Gasteiger partial charge in [0.15, 0.2) is 0 Å². The lowest BCUT2D eigenvalue weighted by Crippen LogP contribution is -2.40. The Kier molecular flexibility index (Phi) is 5.24. The topological polar surface area (TPSA) is 58.3 Å².